The van der Waals surface area contributed by atoms with Crippen LogP contribution in [0, 0.1) is 0 Å². The van der Waals surface area contributed by atoms with Gasteiger partial charge in [-0.25, -0.2) is 0 Å². The van der Waals surface area contributed by atoms with Gasteiger partial charge in [0.2, 0.25) is 0 Å². The Balaban J connectivity index is -0.000000125. The molecule has 54 valence electrons. The van der Waals surface area contributed by atoms with Gasteiger partial charge < -0.3 is 6.15 Å². The maximum Gasteiger partial charge on any atom is 0 e. The van der Waals surface area contributed by atoms with Crippen molar-refractivity contribution >= 4 is 14.5 Å². The van der Waals surface area contributed by atoms with Crippen LogP contribution < -0.4 is 6.15 Å². The Labute approximate surface area is 60.8 Å². The molecule has 0 amide bonds. The van der Waals surface area contributed by atoms with E-state index < -0.39 is 14.5 Å². The van der Waals surface area contributed by atoms with Gasteiger partial charge in [-0.05, 0) is 0 Å². The summed E-state index contributed by atoms with van der Waals surface area (Å²) in [4.78, 5) is 0. The average molecular weight is 229 g/mol. The second kappa shape index (κ2) is 5.85. The third-order valence-electron chi connectivity index (χ3n) is 0.238. The molecular weight excluding hydrogens is 221 g/mol. The Bertz CT molecular complexity index is 80.1. The van der Waals surface area contributed by atoms with E-state index in [1.54, 1.807) is 0 Å². The zero-order chi connectivity index (χ0) is 5.21. The normalized spacial score (nSPS) is 8.88. The van der Waals surface area contributed by atoms with Gasteiger partial charge in [0.25, 0.3) is 0 Å². The van der Waals surface area contributed by atoms with Crippen LogP contribution in [-0.2, 0) is 24.5 Å². The second-order valence-electron chi connectivity index (χ2n) is 0.673. The minimum atomic E-state index is -4.66. The molecule has 0 heterocycles. The van der Waals surface area contributed by atoms with Crippen molar-refractivity contribution in [1.82, 2.24) is 6.15 Å². The first-order valence-corrected chi connectivity index (χ1v) is 4.38. The molecule has 0 rings (SSSR count). The van der Waals surface area contributed by atoms with E-state index in [-0.39, 0.29) is 23.2 Å². The van der Waals surface area contributed by atoms with Gasteiger partial charge in [0, 0.05) is 17.1 Å². The first kappa shape index (κ1) is 15.9. The summed E-state index contributed by atoms with van der Waals surface area (Å²) in [7, 11) is 0.972. The van der Waals surface area contributed by atoms with Crippen molar-refractivity contribution in [2.24, 2.45) is 0 Å². The number of rotatable bonds is 1. The molecule has 5 nitrogen and oxygen atoms in total. The Hall–Kier alpha value is 0.718. The molecule has 7 heteroatoms. The fourth-order valence-corrected chi connectivity index (χ4v) is 0. The molecule has 0 atom stereocenters. The minimum absolute atomic E-state index is 0. The van der Waals surface area contributed by atoms with Gasteiger partial charge in [-0.3, -0.25) is 0 Å². The fourth-order valence-electron chi connectivity index (χ4n) is 0. The molecule has 0 aromatic heterocycles. The van der Waals surface area contributed by atoms with Crippen LogP contribution in [0.5, 0.6) is 0 Å². The van der Waals surface area contributed by atoms with Gasteiger partial charge in [-0.2, -0.15) is 0 Å². The van der Waals surface area contributed by atoms with E-state index >= 15 is 0 Å². The van der Waals surface area contributed by atoms with E-state index in [9.17, 15) is 3.74 Å². The standard InChI is InChI=1S/CH5AsO4.Fe.H3N/c1-6-2(3,4)5;;/h1H3,(H2,3,4,5);;1H3. The van der Waals surface area contributed by atoms with Gasteiger partial charge >= 0.3 is 37.3 Å². The SMILES string of the molecule is CO[As](=O)(O)O.N.[Fe]. The Kier molecular flexibility index (Phi) is 11.6. The number of hydrogen-bond acceptors (Lipinski definition) is 3. The smallest absolute Gasteiger partial charge is 0 e. The quantitative estimate of drug-likeness (QED) is 0.482. The molecule has 0 aliphatic rings. The van der Waals surface area contributed by atoms with E-state index in [4.69, 9.17) is 8.19 Å². The molecule has 0 aliphatic heterocycles. The Morgan fingerprint density at radius 1 is 1.50 bits per heavy atom. The molecular formula is CH8AsFeNO4. The van der Waals surface area contributed by atoms with E-state index in [1.165, 1.54) is 0 Å². The molecule has 5 N–H and O–H groups in total. The summed E-state index contributed by atoms with van der Waals surface area (Å²) in [6.45, 7) is 0. The molecule has 0 aliphatic carbocycles. The summed E-state index contributed by atoms with van der Waals surface area (Å²) in [5, 5.41) is 0. The third-order valence-corrected chi connectivity index (χ3v) is 1.24. The first-order valence-electron chi connectivity index (χ1n) is 1.17. The van der Waals surface area contributed by atoms with Crippen LogP contribution in [0.1, 0.15) is 0 Å². The predicted octanol–water partition coefficient (Wildman–Crippen LogP) is -1.36. The molecule has 0 saturated heterocycles. The summed E-state index contributed by atoms with van der Waals surface area (Å²) in [6, 6.07) is 0. The van der Waals surface area contributed by atoms with E-state index in [1.807, 2.05) is 0 Å². The molecule has 0 aromatic rings. The number of hydrogen-bond donors (Lipinski definition) is 3. The van der Waals surface area contributed by atoms with Gasteiger partial charge in [-0.1, -0.05) is 0 Å². The van der Waals surface area contributed by atoms with Crippen molar-refractivity contribution < 1.29 is 32.7 Å². The van der Waals surface area contributed by atoms with E-state index in [0.717, 1.165) is 7.11 Å². The van der Waals surface area contributed by atoms with Crippen molar-refractivity contribution in [3.63, 3.8) is 0 Å². The summed E-state index contributed by atoms with van der Waals surface area (Å²) in [5.74, 6) is 0. The second-order valence-corrected chi connectivity index (χ2v) is 3.50. The monoisotopic (exact) mass is 229 g/mol. The summed E-state index contributed by atoms with van der Waals surface area (Å²) >= 11 is -4.66. The van der Waals surface area contributed by atoms with Crippen molar-refractivity contribution in [2.45, 2.75) is 0 Å². The van der Waals surface area contributed by atoms with Gasteiger partial charge in [0.15, 0.2) is 0 Å². The Morgan fingerprint density at radius 2 is 1.62 bits per heavy atom. The van der Waals surface area contributed by atoms with Crippen LogP contribution in [0.3, 0.4) is 0 Å². The Morgan fingerprint density at radius 3 is 1.62 bits per heavy atom. The molecule has 0 bridgehead atoms. The van der Waals surface area contributed by atoms with Gasteiger partial charge in [0.05, 0.1) is 0 Å². The largest absolute Gasteiger partial charge is 0.344 e. The van der Waals surface area contributed by atoms with Crippen LogP contribution in [0.25, 0.3) is 0 Å². The maximum absolute atomic E-state index is 9.53. The third kappa shape index (κ3) is 15.9. The van der Waals surface area contributed by atoms with Crippen molar-refractivity contribution in [2.75, 3.05) is 7.11 Å². The summed E-state index contributed by atoms with van der Waals surface area (Å²) < 4.78 is 28.8. The molecule has 0 aromatic carbocycles. The fraction of sp³-hybridized carbons (Fsp3) is 1.00. The minimum Gasteiger partial charge on any atom is -0.344 e. The van der Waals surface area contributed by atoms with Crippen LogP contribution in [-0.4, -0.2) is 29.8 Å². The summed E-state index contributed by atoms with van der Waals surface area (Å²) in [5.41, 5.74) is 0. The van der Waals surface area contributed by atoms with Crippen molar-refractivity contribution in [1.29, 1.82) is 0 Å². The van der Waals surface area contributed by atoms with E-state index in [2.05, 4.69) is 3.73 Å². The topological polar surface area (TPSA) is 102 Å². The molecule has 0 unspecified atom stereocenters. The molecule has 0 saturated carbocycles. The summed E-state index contributed by atoms with van der Waals surface area (Å²) in [6.07, 6.45) is 0. The van der Waals surface area contributed by atoms with Crippen LogP contribution in [0.4, 0.5) is 0 Å². The van der Waals surface area contributed by atoms with Crippen molar-refractivity contribution in [3.05, 3.63) is 0 Å². The molecule has 0 spiro atoms. The molecule has 8 heavy (non-hydrogen) atoms. The average Bonchev–Trinajstić information content (AvgIpc) is 1.35. The zero-order valence-electron chi connectivity index (χ0n) is 4.22. The predicted molar refractivity (Wildman–Crippen MR) is 22.9 cm³/mol. The van der Waals surface area contributed by atoms with Crippen LogP contribution in [0.15, 0.2) is 0 Å². The molecule has 0 radical (unpaired) electrons. The van der Waals surface area contributed by atoms with Crippen LogP contribution >= 0.6 is 0 Å². The zero-order valence-corrected chi connectivity index (χ0v) is 7.20. The van der Waals surface area contributed by atoms with Gasteiger partial charge in [-0.15, -0.1) is 0 Å². The van der Waals surface area contributed by atoms with Gasteiger partial charge in [0.1, 0.15) is 0 Å². The van der Waals surface area contributed by atoms with Crippen molar-refractivity contribution in [3.8, 4) is 0 Å². The first-order chi connectivity index (χ1) is 2.56. The van der Waals surface area contributed by atoms with E-state index in [0.29, 0.717) is 0 Å². The molecule has 0 fully saturated rings. The van der Waals surface area contributed by atoms with Crippen LogP contribution in [0.2, 0.25) is 0 Å². The maximum atomic E-state index is 9.53.